The summed E-state index contributed by atoms with van der Waals surface area (Å²) in [5.74, 6) is 1.16. The van der Waals surface area contributed by atoms with Crippen LogP contribution in [0.15, 0.2) is 91.5 Å². The molecule has 3 aromatic carbocycles. The fourth-order valence-corrected chi connectivity index (χ4v) is 3.15. The molecule has 4 aromatic rings. The Morgan fingerprint density at radius 2 is 1.62 bits per heavy atom. The van der Waals surface area contributed by atoms with E-state index in [9.17, 15) is 4.79 Å². The summed E-state index contributed by atoms with van der Waals surface area (Å²) in [5.41, 5.74) is 3.00. The van der Waals surface area contributed by atoms with Crippen molar-refractivity contribution >= 4 is 5.91 Å². The van der Waals surface area contributed by atoms with Crippen LogP contribution in [0.25, 0.3) is 5.69 Å². The van der Waals surface area contributed by atoms with Crippen LogP contribution in [0, 0.1) is 0 Å². The fraction of sp³-hybridized carbons (Fsp3) is 0.160. The van der Waals surface area contributed by atoms with E-state index in [4.69, 9.17) is 9.47 Å². The minimum atomic E-state index is -0.192. The Morgan fingerprint density at radius 1 is 0.938 bits per heavy atom. The molecule has 1 heterocycles. The van der Waals surface area contributed by atoms with E-state index in [1.807, 2.05) is 73.7 Å². The lowest BCUT2D eigenvalue weighted by atomic mass is 10.1. The normalized spacial score (nSPS) is 11.5. The first-order chi connectivity index (χ1) is 15.7. The molecule has 1 atom stereocenters. The number of carbonyl (C=O) groups excluding carboxylic acids is 1. The average Bonchev–Trinajstić information content (AvgIpc) is 3.38. The first-order valence-electron chi connectivity index (χ1n) is 10.3. The number of carbonyl (C=O) groups is 1. The summed E-state index contributed by atoms with van der Waals surface area (Å²) < 4.78 is 13.0. The van der Waals surface area contributed by atoms with E-state index in [-0.39, 0.29) is 18.6 Å². The van der Waals surface area contributed by atoms with Crippen molar-refractivity contribution in [3.8, 4) is 17.2 Å². The lowest BCUT2D eigenvalue weighted by molar-refractivity contribution is -0.123. The van der Waals surface area contributed by atoms with Crippen LogP contribution in [0.4, 0.5) is 0 Å². The third kappa shape index (κ3) is 5.72. The molecule has 0 fully saturated rings. The van der Waals surface area contributed by atoms with Gasteiger partial charge in [-0.2, -0.15) is 5.10 Å². The molecule has 0 saturated carbocycles. The highest BCUT2D eigenvalue weighted by Gasteiger charge is 2.11. The minimum Gasteiger partial charge on any atom is -0.489 e. The third-order valence-corrected chi connectivity index (χ3v) is 4.90. The van der Waals surface area contributed by atoms with Crippen molar-refractivity contribution in [2.75, 3.05) is 6.61 Å². The Labute approximate surface area is 186 Å². The molecule has 0 bridgehead atoms. The molecule has 162 valence electrons. The number of rotatable bonds is 9. The van der Waals surface area contributed by atoms with Gasteiger partial charge >= 0.3 is 0 Å². The Hall–Kier alpha value is -4.13. The van der Waals surface area contributed by atoms with Crippen molar-refractivity contribution in [1.82, 2.24) is 20.1 Å². The molecule has 1 N–H and O–H groups in total. The van der Waals surface area contributed by atoms with Crippen LogP contribution in [-0.4, -0.2) is 27.3 Å². The number of benzene rings is 3. The summed E-state index contributed by atoms with van der Waals surface area (Å²) >= 11 is 0. The second-order valence-corrected chi connectivity index (χ2v) is 7.26. The van der Waals surface area contributed by atoms with Crippen molar-refractivity contribution in [2.45, 2.75) is 19.6 Å². The second kappa shape index (κ2) is 10.3. The maximum atomic E-state index is 12.3. The zero-order valence-electron chi connectivity index (χ0n) is 17.7. The highest BCUT2D eigenvalue weighted by Crippen LogP contribution is 2.19. The summed E-state index contributed by atoms with van der Waals surface area (Å²) in [5, 5.41) is 7.05. The van der Waals surface area contributed by atoms with Gasteiger partial charge in [-0.1, -0.05) is 42.5 Å². The van der Waals surface area contributed by atoms with E-state index >= 15 is 0 Å². The molecular weight excluding hydrogens is 404 g/mol. The molecule has 0 aliphatic rings. The Bertz CT molecular complexity index is 1110. The van der Waals surface area contributed by atoms with Crippen LogP contribution in [0.3, 0.4) is 0 Å². The van der Waals surface area contributed by atoms with Crippen molar-refractivity contribution < 1.29 is 14.3 Å². The molecule has 32 heavy (non-hydrogen) atoms. The summed E-state index contributed by atoms with van der Waals surface area (Å²) in [7, 11) is 0. The number of ether oxygens (including phenoxy) is 2. The predicted molar refractivity (Wildman–Crippen MR) is 121 cm³/mol. The van der Waals surface area contributed by atoms with Gasteiger partial charge < -0.3 is 14.8 Å². The first-order valence-corrected chi connectivity index (χ1v) is 10.3. The largest absolute Gasteiger partial charge is 0.489 e. The van der Waals surface area contributed by atoms with Crippen LogP contribution in [0.1, 0.15) is 24.1 Å². The summed E-state index contributed by atoms with van der Waals surface area (Å²) in [6, 6.07) is 24.8. The van der Waals surface area contributed by atoms with Gasteiger partial charge in [-0.25, -0.2) is 9.67 Å². The van der Waals surface area contributed by atoms with Gasteiger partial charge in [0.15, 0.2) is 6.61 Å². The zero-order valence-corrected chi connectivity index (χ0v) is 17.7. The van der Waals surface area contributed by atoms with Gasteiger partial charge in [-0.15, -0.1) is 0 Å². The quantitative estimate of drug-likeness (QED) is 0.434. The Balaban J connectivity index is 1.22. The summed E-state index contributed by atoms with van der Waals surface area (Å²) in [6.07, 6.45) is 3.13. The number of nitrogens with one attached hydrogen (secondary N) is 1. The number of aromatic nitrogens is 3. The number of nitrogens with zero attached hydrogens (tertiary/aromatic N) is 3. The van der Waals surface area contributed by atoms with Crippen LogP contribution >= 0.6 is 0 Å². The Morgan fingerprint density at radius 3 is 2.28 bits per heavy atom. The zero-order chi connectivity index (χ0) is 22.2. The topological polar surface area (TPSA) is 78.3 Å². The number of hydrogen-bond donors (Lipinski definition) is 1. The molecule has 0 aliphatic heterocycles. The van der Waals surface area contributed by atoms with E-state index in [1.165, 1.54) is 6.33 Å². The van der Waals surface area contributed by atoms with Crippen LogP contribution < -0.4 is 14.8 Å². The predicted octanol–water partition coefficient (Wildman–Crippen LogP) is 4.10. The van der Waals surface area contributed by atoms with E-state index in [2.05, 4.69) is 15.4 Å². The van der Waals surface area contributed by atoms with Crippen molar-refractivity contribution in [1.29, 1.82) is 0 Å². The van der Waals surface area contributed by atoms with E-state index in [0.29, 0.717) is 12.4 Å². The molecule has 7 nitrogen and oxygen atoms in total. The highest BCUT2D eigenvalue weighted by atomic mass is 16.5. The Kier molecular flexibility index (Phi) is 6.77. The third-order valence-electron chi connectivity index (χ3n) is 4.90. The van der Waals surface area contributed by atoms with Gasteiger partial charge in [0.2, 0.25) is 0 Å². The van der Waals surface area contributed by atoms with Crippen LogP contribution in [-0.2, 0) is 11.4 Å². The van der Waals surface area contributed by atoms with Crippen molar-refractivity contribution in [3.05, 3.63) is 103 Å². The molecular formula is C25H24N4O3. The van der Waals surface area contributed by atoms with Crippen molar-refractivity contribution in [2.24, 2.45) is 0 Å². The molecule has 0 unspecified atom stereocenters. The molecule has 0 aliphatic carbocycles. The lowest BCUT2D eigenvalue weighted by Gasteiger charge is -2.15. The van der Waals surface area contributed by atoms with Gasteiger partial charge in [0.25, 0.3) is 5.91 Å². The SMILES string of the molecule is C[C@H](NC(=O)COc1ccc(OCc2ccccc2)cc1)c1ccc(-n2cncn2)cc1. The standard InChI is InChI=1S/C25H24N4O3/c1-19(21-7-9-22(10-8-21)29-18-26-17-27-29)28-25(30)16-32-24-13-11-23(12-14-24)31-15-20-5-3-2-4-6-20/h2-14,17-19H,15-16H2,1H3,(H,28,30)/t19-/m0/s1. The lowest BCUT2D eigenvalue weighted by Crippen LogP contribution is -2.31. The molecule has 0 radical (unpaired) electrons. The highest BCUT2D eigenvalue weighted by molar-refractivity contribution is 5.78. The van der Waals surface area contributed by atoms with Gasteiger partial charge in [0.05, 0.1) is 11.7 Å². The summed E-state index contributed by atoms with van der Waals surface area (Å²) in [6.45, 7) is 2.37. The molecule has 7 heteroatoms. The first kappa shape index (κ1) is 21.1. The second-order valence-electron chi connectivity index (χ2n) is 7.26. The smallest absolute Gasteiger partial charge is 0.258 e. The minimum absolute atomic E-state index is 0.0639. The maximum absolute atomic E-state index is 12.3. The molecule has 1 amide bonds. The van der Waals surface area contributed by atoms with Gasteiger partial charge in [-0.05, 0) is 54.4 Å². The van der Waals surface area contributed by atoms with E-state index in [1.54, 1.807) is 23.1 Å². The van der Waals surface area contributed by atoms with Gasteiger partial charge in [-0.3, -0.25) is 4.79 Å². The number of hydrogen-bond acceptors (Lipinski definition) is 5. The van der Waals surface area contributed by atoms with E-state index in [0.717, 1.165) is 22.6 Å². The average molecular weight is 428 g/mol. The molecule has 4 rings (SSSR count). The van der Waals surface area contributed by atoms with Gasteiger partial charge in [0, 0.05) is 0 Å². The summed E-state index contributed by atoms with van der Waals surface area (Å²) in [4.78, 5) is 16.2. The molecule has 0 saturated heterocycles. The number of amides is 1. The fourth-order valence-electron chi connectivity index (χ4n) is 3.15. The molecule has 1 aromatic heterocycles. The molecule has 0 spiro atoms. The monoisotopic (exact) mass is 428 g/mol. The van der Waals surface area contributed by atoms with Crippen molar-refractivity contribution in [3.63, 3.8) is 0 Å². The van der Waals surface area contributed by atoms with Gasteiger partial charge in [0.1, 0.15) is 30.8 Å². The van der Waals surface area contributed by atoms with Crippen LogP contribution in [0.2, 0.25) is 0 Å². The van der Waals surface area contributed by atoms with E-state index < -0.39 is 0 Å². The van der Waals surface area contributed by atoms with Crippen LogP contribution in [0.5, 0.6) is 11.5 Å². The maximum Gasteiger partial charge on any atom is 0.258 e.